The molecule has 0 saturated carbocycles. The van der Waals surface area contributed by atoms with Gasteiger partial charge in [-0.05, 0) is 36.4 Å². The molecule has 1 amide bonds. The third-order valence-corrected chi connectivity index (χ3v) is 5.45. The molecule has 0 aliphatic carbocycles. The number of carbonyl (C=O) groups is 1. The van der Waals surface area contributed by atoms with E-state index in [1.807, 2.05) is 13.8 Å². The first-order valence-electron chi connectivity index (χ1n) is 9.97. The summed E-state index contributed by atoms with van der Waals surface area (Å²) in [6.07, 6.45) is 2.21. The van der Waals surface area contributed by atoms with Crippen molar-refractivity contribution in [3.63, 3.8) is 0 Å². The van der Waals surface area contributed by atoms with Gasteiger partial charge in [0, 0.05) is 29.6 Å². The fraction of sp³-hybridized carbons (Fsp3) is 0.304. The molecule has 0 bridgehead atoms. The van der Waals surface area contributed by atoms with Gasteiger partial charge >= 0.3 is 6.05 Å². The van der Waals surface area contributed by atoms with Crippen molar-refractivity contribution < 1.29 is 13.6 Å². The number of anilines is 1. The Kier molecular flexibility index (Phi) is 4.73. The van der Waals surface area contributed by atoms with Crippen molar-refractivity contribution in [1.82, 2.24) is 4.57 Å². The molecular formula is C23H22F2N2O2. The predicted molar refractivity (Wildman–Crippen MR) is 110 cm³/mol. The quantitative estimate of drug-likeness (QED) is 0.573. The van der Waals surface area contributed by atoms with Gasteiger partial charge in [0.15, 0.2) is 0 Å². The van der Waals surface area contributed by atoms with E-state index < -0.39 is 11.6 Å². The van der Waals surface area contributed by atoms with E-state index in [1.165, 1.54) is 6.07 Å². The molecule has 4 nitrogen and oxygen atoms in total. The van der Waals surface area contributed by atoms with Gasteiger partial charge < -0.3 is 4.90 Å². The number of hydrogen-bond donors (Lipinski definition) is 0. The van der Waals surface area contributed by atoms with Crippen molar-refractivity contribution in [3.05, 3.63) is 64.4 Å². The lowest BCUT2D eigenvalue weighted by molar-refractivity contribution is -0.119. The molecule has 2 aliphatic rings. The van der Waals surface area contributed by atoms with Crippen LogP contribution in [0.2, 0.25) is 0 Å². The molecule has 2 aromatic carbocycles. The molecule has 0 atom stereocenters. The van der Waals surface area contributed by atoms with Crippen molar-refractivity contribution >= 4 is 22.4 Å². The van der Waals surface area contributed by atoms with Crippen LogP contribution in [-0.4, -0.2) is 17.0 Å². The molecule has 3 aromatic rings. The molecule has 1 fully saturated rings. The smallest absolute Gasteiger partial charge is 0.312 e. The molecule has 0 unspecified atom stereocenters. The summed E-state index contributed by atoms with van der Waals surface area (Å²) in [7, 11) is 0. The van der Waals surface area contributed by atoms with Crippen LogP contribution in [0.3, 0.4) is 0 Å². The number of alkyl halides is 2. The van der Waals surface area contributed by atoms with Crippen molar-refractivity contribution in [2.45, 2.75) is 39.2 Å². The summed E-state index contributed by atoms with van der Waals surface area (Å²) in [5.74, 6) is -0.000373. The lowest BCUT2D eigenvalue weighted by Gasteiger charge is -2.27. The SMILES string of the molecule is CC.O=C1CCCCN1c1ccc2cc3n(c(=O)c2c1)C(F)(F)c1ccccc1-3. The number of aromatic nitrogens is 1. The zero-order valence-electron chi connectivity index (χ0n) is 16.4. The van der Waals surface area contributed by atoms with Crippen LogP contribution in [0.5, 0.6) is 0 Å². The maximum atomic E-state index is 14.9. The summed E-state index contributed by atoms with van der Waals surface area (Å²) in [4.78, 5) is 26.8. The second-order valence-electron chi connectivity index (χ2n) is 7.03. The second-order valence-corrected chi connectivity index (χ2v) is 7.03. The Hall–Kier alpha value is -3.02. The van der Waals surface area contributed by atoms with E-state index in [0.29, 0.717) is 34.2 Å². The minimum absolute atomic E-state index is 0.000373. The number of fused-ring (bicyclic) bond motifs is 4. The summed E-state index contributed by atoms with van der Waals surface area (Å²) in [6.45, 7) is 4.58. The molecule has 6 heteroatoms. The first kappa shape index (κ1) is 19.3. The van der Waals surface area contributed by atoms with E-state index in [9.17, 15) is 18.4 Å². The predicted octanol–water partition coefficient (Wildman–Crippen LogP) is 5.12. The number of nitrogens with zero attached hydrogens (tertiary/aromatic N) is 2. The zero-order chi connectivity index (χ0) is 20.8. The first-order valence-corrected chi connectivity index (χ1v) is 9.97. The largest absolute Gasteiger partial charge is 0.359 e. The maximum Gasteiger partial charge on any atom is 0.359 e. The molecule has 1 saturated heterocycles. The van der Waals surface area contributed by atoms with Gasteiger partial charge in [0.25, 0.3) is 5.56 Å². The second kappa shape index (κ2) is 7.10. The summed E-state index contributed by atoms with van der Waals surface area (Å²) in [5, 5.41) is 0.786. The van der Waals surface area contributed by atoms with E-state index in [0.717, 1.165) is 12.8 Å². The van der Waals surface area contributed by atoms with Crippen molar-refractivity contribution in [1.29, 1.82) is 0 Å². The van der Waals surface area contributed by atoms with Crippen LogP contribution in [0.25, 0.3) is 22.0 Å². The van der Waals surface area contributed by atoms with Gasteiger partial charge in [-0.3, -0.25) is 9.59 Å². The van der Waals surface area contributed by atoms with E-state index in [1.54, 1.807) is 47.4 Å². The Morgan fingerprint density at radius 3 is 2.48 bits per heavy atom. The Morgan fingerprint density at radius 1 is 0.966 bits per heavy atom. The minimum Gasteiger partial charge on any atom is -0.312 e. The number of hydrogen-bond acceptors (Lipinski definition) is 2. The number of halogens is 2. The summed E-state index contributed by atoms with van der Waals surface area (Å²) in [5.41, 5.74) is 0.272. The standard InChI is InChI=1S/C21H16F2N2O2.C2H6/c22-21(23)17-6-2-1-5-15(17)18-11-13-8-9-14(12-16(13)20(27)25(18)21)24-10-4-3-7-19(24)26;1-2/h1-2,5-6,8-9,11-12H,3-4,7,10H2;1-2H3. The van der Waals surface area contributed by atoms with Gasteiger partial charge in [0.2, 0.25) is 5.91 Å². The van der Waals surface area contributed by atoms with Crippen LogP contribution in [0.15, 0.2) is 53.3 Å². The van der Waals surface area contributed by atoms with Crippen LogP contribution in [0, 0.1) is 0 Å². The van der Waals surface area contributed by atoms with Gasteiger partial charge in [-0.2, -0.15) is 8.78 Å². The van der Waals surface area contributed by atoms with Crippen molar-refractivity contribution in [3.8, 4) is 11.3 Å². The van der Waals surface area contributed by atoms with E-state index in [-0.39, 0.29) is 22.6 Å². The number of pyridine rings is 1. The van der Waals surface area contributed by atoms with Crippen molar-refractivity contribution in [2.75, 3.05) is 11.4 Å². The number of benzene rings is 2. The normalized spacial score (nSPS) is 16.8. The average molecular weight is 396 g/mol. The van der Waals surface area contributed by atoms with Crippen molar-refractivity contribution in [2.24, 2.45) is 0 Å². The third-order valence-electron chi connectivity index (χ3n) is 5.45. The highest BCUT2D eigenvalue weighted by Gasteiger charge is 2.45. The van der Waals surface area contributed by atoms with Crippen LogP contribution in [-0.2, 0) is 10.8 Å². The Labute approximate surface area is 167 Å². The fourth-order valence-electron chi connectivity index (χ4n) is 4.11. The monoisotopic (exact) mass is 396 g/mol. The number of rotatable bonds is 1. The molecule has 2 aliphatic heterocycles. The van der Waals surface area contributed by atoms with Crippen LogP contribution in [0.4, 0.5) is 14.5 Å². The number of piperidine rings is 1. The average Bonchev–Trinajstić information content (AvgIpc) is 2.97. The van der Waals surface area contributed by atoms with E-state index in [2.05, 4.69) is 0 Å². The molecule has 29 heavy (non-hydrogen) atoms. The van der Waals surface area contributed by atoms with Gasteiger partial charge in [-0.15, -0.1) is 0 Å². The highest BCUT2D eigenvalue weighted by molar-refractivity contribution is 5.97. The number of carbonyl (C=O) groups excluding carboxylic acids is 1. The molecule has 0 spiro atoms. The minimum atomic E-state index is -3.39. The zero-order valence-corrected chi connectivity index (χ0v) is 16.4. The topological polar surface area (TPSA) is 42.3 Å². The van der Waals surface area contributed by atoms with Crippen LogP contribution >= 0.6 is 0 Å². The third kappa shape index (κ3) is 2.85. The molecule has 1 aromatic heterocycles. The maximum absolute atomic E-state index is 14.9. The van der Waals surface area contributed by atoms with Crippen LogP contribution < -0.4 is 10.5 Å². The van der Waals surface area contributed by atoms with Gasteiger partial charge in [0.05, 0.1) is 11.3 Å². The fourth-order valence-corrected chi connectivity index (χ4v) is 4.11. The summed E-state index contributed by atoms with van der Waals surface area (Å²) < 4.78 is 30.4. The molecule has 3 heterocycles. The highest BCUT2D eigenvalue weighted by atomic mass is 19.3. The molecular weight excluding hydrogens is 374 g/mol. The lowest BCUT2D eigenvalue weighted by atomic mass is 10.0. The first-order chi connectivity index (χ1) is 14.0. The molecule has 0 radical (unpaired) electrons. The van der Waals surface area contributed by atoms with E-state index in [4.69, 9.17) is 0 Å². The molecule has 0 N–H and O–H groups in total. The lowest BCUT2D eigenvalue weighted by Crippen LogP contribution is -2.35. The molecule has 5 rings (SSSR count). The Bertz CT molecular complexity index is 1170. The summed E-state index contributed by atoms with van der Waals surface area (Å²) >= 11 is 0. The Morgan fingerprint density at radius 2 is 1.72 bits per heavy atom. The Balaban J connectivity index is 0.000000994. The highest BCUT2D eigenvalue weighted by Crippen LogP contribution is 2.45. The number of amides is 1. The van der Waals surface area contributed by atoms with Gasteiger partial charge in [-0.25, -0.2) is 4.57 Å². The van der Waals surface area contributed by atoms with Crippen LogP contribution in [0.1, 0.15) is 38.7 Å². The molecule has 150 valence electrons. The van der Waals surface area contributed by atoms with E-state index >= 15 is 0 Å². The summed E-state index contributed by atoms with van der Waals surface area (Å²) in [6, 6.07) is 9.49. The van der Waals surface area contributed by atoms with Gasteiger partial charge in [-0.1, -0.05) is 44.2 Å². The van der Waals surface area contributed by atoms with Gasteiger partial charge in [0.1, 0.15) is 0 Å².